The minimum absolute atomic E-state index is 0.0607. The Morgan fingerprint density at radius 1 is 1.04 bits per heavy atom. The molecular weight excluding hydrogens is 290 g/mol. The van der Waals surface area contributed by atoms with Gasteiger partial charge >= 0.3 is 0 Å². The van der Waals surface area contributed by atoms with Gasteiger partial charge in [0.15, 0.2) is 11.6 Å². The van der Waals surface area contributed by atoms with E-state index in [2.05, 4.69) is 11.3 Å². The summed E-state index contributed by atoms with van der Waals surface area (Å²) in [5.41, 5.74) is 1.33. The van der Waals surface area contributed by atoms with Gasteiger partial charge in [0.2, 0.25) is 0 Å². The predicted octanol–water partition coefficient (Wildman–Crippen LogP) is 3.47. The van der Waals surface area contributed by atoms with E-state index in [1.165, 1.54) is 5.57 Å². The third-order valence-corrected chi connectivity index (χ3v) is 6.90. The fourth-order valence-corrected chi connectivity index (χ4v) is 6.06. The number of nitroso groups, excluding NO2 is 1. The molecule has 4 aliphatic rings. The number of fused-ring (bicyclic) bond motifs is 5. The van der Waals surface area contributed by atoms with Crippen molar-refractivity contribution in [3.8, 4) is 0 Å². The summed E-state index contributed by atoms with van der Waals surface area (Å²) in [5.74, 6) is 3.11. The smallest absolute Gasteiger partial charge is 0.178 e. The van der Waals surface area contributed by atoms with Crippen LogP contribution in [0, 0.1) is 40.4 Å². The molecule has 0 aromatic carbocycles. The van der Waals surface area contributed by atoms with Gasteiger partial charge in [-0.3, -0.25) is 9.59 Å². The van der Waals surface area contributed by atoms with Crippen molar-refractivity contribution in [3.05, 3.63) is 28.7 Å². The van der Waals surface area contributed by atoms with E-state index in [0.29, 0.717) is 29.6 Å². The lowest BCUT2D eigenvalue weighted by molar-refractivity contribution is -0.123. The van der Waals surface area contributed by atoms with Crippen molar-refractivity contribution in [1.29, 1.82) is 0 Å². The monoisotopic (exact) mass is 313 g/mol. The van der Waals surface area contributed by atoms with Crippen LogP contribution in [-0.2, 0) is 9.59 Å². The van der Waals surface area contributed by atoms with Crippen molar-refractivity contribution in [2.24, 2.45) is 40.7 Å². The first-order valence-electron chi connectivity index (χ1n) is 8.93. The Morgan fingerprint density at radius 2 is 1.78 bits per heavy atom. The highest BCUT2D eigenvalue weighted by Crippen LogP contribution is 2.57. The van der Waals surface area contributed by atoms with Crippen LogP contribution < -0.4 is 0 Å². The van der Waals surface area contributed by atoms with E-state index in [1.807, 2.05) is 6.08 Å². The van der Waals surface area contributed by atoms with Crippen LogP contribution in [0.1, 0.15) is 38.5 Å². The Morgan fingerprint density at radius 3 is 2.61 bits per heavy atom. The lowest BCUT2D eigenvalue weighted by Crippen LogP contribution is -2.41. The molecule has 6 unspecified atom stereocenters. The molecule has 0 heterocycles. The van der Waals surface area contributed by atoms with Crippen molar-refractivity contribution in [1.82, 2.24) is 0 Å². The highest BCUT2D eigenvalue weighted by Gasteiger charge is 2.51. The molecule has 6 atom stereocenters. The molecule has 0 aromatic heterocycles. The molecule has 0 bridgehead atoms. The first-order chi connectivity index (χ1) is 11.2. The summed E-state index contributed by atoms with van der Waals surface area (Å²) >= 11 is 0. The van der Waals surface area contributed by atoms with Gasteiger partial charge in [-0.05, 0) is 74.3 Å². The minimum atomic E-state index is -0.150. The van der Waals surface area contributed by atoms with Crippen molar-refractivity contribution < 1.29 is 9.59 Å². The summed E-state index contributed by atoms with van der Waals surface area (Å²) in [7, 11) is 0. The van der Waals surface area contributed by atoms with E-state index in [9.17, 15) is 14.5 Å². The van der Waals surface area contributed by atoms with Gasteiger partial charge in [-0.25, -0.2) is 0 Å². The fourth-order valence-electron chi connectivity index (χ4n) is 6.06. The summed E-state index contributed by atoms with van der Waals surface area (Å²) in [5, 5.41) is 2.81. The van der Waals surface area contributed by atoms with Crippen molar-refractivity contribution in [3.63, 3.8) is 0 Å². The molecule has 4 rings (SSSR count). The van der Waals surface area contributed by atoms with Crippen molar-refractivity contribution >= 4 is 11.6 Å². The van der Waals surface area contributed by atoms with Crippen LogP contribution >= 0.6 is 0 Å². The molecule has 4 aliphatic carbocycles. The molecule has 3 saturated carbocycles. The standard InChI is InChI=1S/C19H23NO3/c21-12-2-4-13-11(9-12)1-3-15-14(13)5-6-17-16(15)7-8-18(17)19(22)10-20-23/h2,4,9,13-18H,1,3,5-8,10H2. The van der Waals surface area contributed by atoms with Crippen LogP contribution in [0.25, 0.3) is 0 Å². The van der Waals surface area contributed by atoms with E-state index in [1.54, 1.807) is 6.08 Å². The van der Waals surface area contributed by atoms with Crippen LogP contribution in [-0.4, -0.2) is 18.1 Å². The van der Waals surface area contributed by atoms with Crippen LogP contribution in [0.3, 0.4) is 0 Å². The number of nitrogens with zero attached hydrogens (tertiary/aromatic N) is 1. The third kappa shape index (κ3) is 2.43. The second-order valence-corrected chi connectivity index (χ2v) is 7.72. The second kappa shape index (κ2) is 5.81. The van der Waals surface area contributed by atoms with E-state index in [4.69, 9.17) is 0 Å². The lowest BCUT2D eigenvalue weighted by Gasteiger charge is -2.48. The van der Waals surface area contributed by atoms with Gasteiger partial charge in [0.05, 0.1) is 0 Å². The molecule has 0 aliphatic heterocycles. The van der Waals surface area contributed by atoms with E-state index in [0.717, 1.165) is 38.5 Å². The molecule has 4 heteroatoms. The summed E-state index contributed by atoms with van der Waals surface area (Å²) < 4.78 is 0. The molecule has 0 radical (unpaired) electrons. The van der Waals surface area contributed by atoms with Gasteiger partial charge in [0, 0.05) is 11.8 Å². The average Bonchev–Trinajstić information content (AvgIpc) is 2.98. The number of hydrogen-bond acceptors (Lipinski definition) is 4. The quantitative estimate of drug-likeness (QED) is 0.749. The molecule has 0 N–H and O–H groups in total. The zero-order chi connectivity index (χ0) is 16.0. The van der Waals surface area contributed by atoms with E-state index >= 15 is 0 Å². The maximum atomic E-state index is 12.2. The van der Waals surface area contributed by atoms with Gasteiger partial charge in [-0.15, -0.1) is 0 Å². The molecule has 0 spiro atoms. The maximum absolute atomic E-state index is 12.2. The Balaban J connectivity index is 1.53. The predicted molar refractivity (Wildman–Crippen MR) is 86.5 cm³/mol. The van der Waals surface area contributed by atoms with Crippen molar-refractivity contribution in [2.75, 3.05) is 6.54 Å². The van der Waals surface area contributed by atoms with Gasteiger partial charge in [0.25, 0.3) is 0 Å². The SMILES string of the molecule is O=NCC(=O)C1CCC2C1CCC1C3C=CC(=O)C=C3CCC12. The Bertz CT molecular complexity index is 606. The number of Topliss-reactive ketones (excluding diaryl/α,β-unsaturated/α-hetero) is 1. The molecule has 0 saturated heterocycles. The van der Waals surface area contributed by atoms with E-state index < -0.39 is 0 Å². The largest absolute Gasteiger partial charge is 0.297 e. The molecule has 4 nitrogen and oxygen atoms in total. The van der Waals surface area contributed by atoms with Crippen molar-refractivity contribution in [2.45, 2.75) is 38.5 Å². The number of allylic oxidation sites excluding steroid dienone is 4. The molecule has 0 aromatic rings. The van der Waals surface area contributed by atoms with Gasteiger partial charge in [0.1, 0.15) is 6.54 Å². The molecule has 122 valence electrons. The van der Waals surface area contributed by atoms with Gasteiger partial charge < -0.3 is 0 Å². The number of ketones is 2. The van der Waals surface area contributed by atoms with Crippen LogP contribution in [0.15, 0.2) is 29.0 Å². The van der Waals surface area contributed by atoms with Gasteiger partial charge in [-0.1, -0.05) is 16.8 Å². The topological polar surface area (TPSA) is 63.6 Å². The number of hydrogen-bond donors (Lipinski definition) is 0. The zero-order valence-corrected chi connectivity index (χ0v) is 13.3. The molecule has 3 fully saturated rings. The minimum Gasteiger partial charge on any atom is -0.297 e. The number of carbonyl (C=O) groups is 2. The summed E-state index contributed by atoms with van der Waals surface area (Å²) in [6.07, 6.45) is 12.2. The molecule has 23 heavy (non-hydrogen) atoms. The van der Waals surface area contributed by atoms with Crippen LogP contribution in [0.5, 0.6) is 0 Å². The normalized spacial score (nSPS) is 41.6. The maximum Gasteiger partial charge on any atom is 0.178 e. The first kappa shape index (κ1) is 15.0. The summed E-state index contributed by atoms with van der Waals surface area (Å²) in [6.45, 7) is -0.150. The third-order valence-electron chi connectivity index (χ3n) is 6.90. The van der Waals surface area contributed by atoms with Crippen LogP contribution in [0.2, 0.25) is 0 Å². The van der Waals surface area contributed by atoms with Gasteiger partial charge in [-0.2, -0.15) is 4.91 Å². The number of carbonyl (C=O) groups excluding carboxylic acids is 2. The Kier molecular flexibility index (Phi) is 3.78. The summed E-state index contributed by atoms with van der Waals surface area (Å²) in [6, 6.07) is 0. The molecular formula is C19H23NO3. The Labute approximate surface area is 136 Å². The summed E-state index contributed by atoms with van der Waals surface area (Å²) in [4.78, 5) is 34.2. The highest BCUT2D eigenvalue weighted by molar-refractivity contribution is 6.00. The van der Waals surface area contributed by atoms with Crippen LogP contribution in [0.4, 0.5) is 0 Å². The lowest BCUT2D eigenvalue weighted by atomic mass is 9.56. The second-order valence-electron chi connectivity index (χ2n) is 7.72. The highest BCUT2D eigenvalue weighted by atomic mass is 16.3. The first-order valence-corrected chi connectivity index (χ1v) is 8.93. The molecule has 0 amide bonds. The fraction of sp³-hybridized carbons (Fsp3) is 0.684. The Hall–Kier alpha value is -1.58. The van der Waals surface area contributed by atoms with E-state index in [-0.39, 0.29) is 24.0 Å². The zero-order valence-electron chi connectivity index (χ0n) is 13.3. The number of rotatable bonds is 3. The average molecular weight is 313 g/mol.